The Bertz CT molecular complexity index is 1300. The molecule has 2 aromatic rings. The van der Waals surface area contributed by atoms with Gasteiger partial charge in [-0.05, 0) is 11.1 Å². The van der Waals surface area contributed by atoms with Crippen molar-refractivity contribution in [2.24, 2.45) is 33.7 Å². The topological polar surface area (TPSA) is 37.7 Å². The number of rotatable bonds is 4. The first-order valence-corrected chi connectivity index (χ1v) is 20.6. The fourth-order valence-electron chi connectivity index (χ4n) is 7.39. The molecule has 8 rings (SSSR count). The van der Waals surface area contributed by atoms with E-state index in [4.69, 9.17) is 9.98 Å². The molecule has 6 nitrogen and oxygen atoms in total. The lowest BCUT2D eigenvalue weighted by atomic mass is 9.89. The minimum Gasteiger partial charge on any atom is -0.357 e. The average molecular weight is 707 g/mol. The molecule has 0 N–H and O–H groups in total. The van der Waals surface area contributed by atoms with E-state index in [2.05, 4.69) is 129 Å². The third-order valence-electron chi connectivity index (χ3n) is 9.91. The maximum Gasteiger partial charge on any atom is 0.107 e. The maximum atomic E-state index is 4.83. The smallest absolute Gasteiger partial charge is 0.107 e. The van der Waals surface area contributed by atoms with Gasteiger partial charge in [-0.3, -0.25) is 19.8 Å². The Balaban J connectivity index is 0.000000236. The maximum absolute atomic E-state index is 4.83. The molecule has 0 radical (unpaired) electrons. The summed E-state index contributed by atoms with van der Waals surface area (Å²) in [5.74, 6) is 4.89. The Kier molecular flexibility index (Phi) is 20.1. The number of amidine groups is 2. The summed E-state index contributed by atoms with van der Waals surface area (Å²) in [6, 6.07) is 21.6. The number of allylic oxidation sites excluding steroid dienone is 4. The van der Waals surface area contributed by atoms with Crippen LogP contribution < -0.4 is 0 Å². The second-order valence-electron chi connectivity index (χ2n) is 12.8. The molecule has 0 aromatic heterocycles. The van der Waals surface area contributed by atoms with E-state index in [1.165, 1.54) is 22.8 Å². The van der Waals surface area contributed by atoms with Gasteiger partial charge in [-0.1, -0.05) is 165 Å². The van der Waals surface area contributed by atoms with Crippen molar-refractivity contribution >= 4 is 11.7 Å². The molecule has 0 saturated carbocycles. The fraction of sp³-hybridized carbons (Fsp3) is 0.522. The predicted octanol–water partition coefficient (Wildman–Crippen LogP) is 9.25. The van der Waals surface area contributed by atoms with Crippen molar-refractivity contribution < 1.29 is 0 Å². The van der Waals surface area contributed by atoms with Gasteiger partial charge in [0.2, 0.25) is 0 Å². The summed E-state index contributed by atoms with van der Waals surface area (Å²) in [7, 11) is 0. The van der Waals surface area contributed by atoms with Crippen molar-refractivity contribution in [2.75, 3.05) is 65.4 Å². The van der Waals surface area contributed by atoms with E-state index in [1.807, 2.05) is 55.4 Å². The van der Waals surface area contributed by atoms with Crippen molar-refractivity contribution in [1.82, 2.24) is 19.6 Å². The Labute approximate surface area is 318 Å². The molecule has 4 aliphatic heterocycles. The molecule has 4 unspecified atom stereocenters. The van der Waals surface area contributed by atoms with Crippen LogP contribution in [0.3, 0.4) is 0 Å². The van der Waals surface area contributed by atoms with E-state index in [0.717, 1.165) is 78.5 Å². The summed E-state index contributed by atoms with van der Waals surface area (Å²) < 4.78 is 0. The van der Waals surface area contributed by atoms with Gasteiger partial charge in [0.15, 0.2) is 0 Å². The van der Waals surface area contributed by atoms with Crippen molar-refractivity contribution in [3.05, 3.63) is 120 Å². The summed E-state index contributed by atoms with van der Waals surface area (Å²) in [5.41, 5.74) is 2.82. The Morgan fingerprint density at radius 1 is 0.442 bits per heavy atom. The molecule has 2 aliphatic carbocycles. The highest BCUT2D eigenvalue weighted by Gasteiger charge is 2.34. The number of fused-ring (bicyclic) bond motifs is 2. The number of nitrogens with zero attached hydrogens (tertiary/aromatic N) is 6. The summed E-state index contributed by atoms with van der Waals surface area (Å²) in [4.78, 5) is 19.8. The van der Waals surface area contributed by atoms with Gasteiger partial charge in [0, 0.05) is 102 Å². The summed E-state index contributed by atoms with van der Waals surface area (Å²) in [6.07, 6.45) is 18.0. The van der Waals surface area contributed by atoms with Gasteiger partial charge in [-0.25, -0.2) is 0 Å². The lowest BCUT2D eigenvalue weighted by Gasteiger charge is -2.37. The standard InChI is InChI=1S/2C19H23N3.4C2H6/c2*1-2-6-16(7-3-1)15-21-10-12-22(13-11-21)19-18-9-5-4-8-17(18)14-20-19;4*1-2/h2*1-9,17-18H,10-15H2;4*1-2H3. The van der Waals surface area contributed by atoms with E-state index in [0.29, 0.717) is 23.7 Å². The van der Waals surface area contributed by atoms with Gasteiger partial charge in [-0.15, -0.1) is 0 Å². The first-order chi connectivity index (χ1) is 25.8. The van der Waals surface area contributed by atoms with Gasteiger partial charge in [0.1, 0.15) is 11.7 Å². The SMILES string of the molecule is C1=CC2CN=C(N3CCN(Cc4ccccc4)CC3)C2C=C1.C1=CC2CN=C(N3CCN(Cc4ccccc4)CC3)C2C=C1.CC.CC.CC.CC. The Hall–Kier alpha value is -3.74. The molecule has 0 amide bonds. The molecule has 52 heavy (non-hydrogen) atoms. The van der Waals surface area contributed by atoms with Crippen LogP contribution in [0.4, 0.5) is 0 Å². The molecule has 4 heterocycles. The summed E-state index contributed by atoms with van der Waals surface area (Å²) >= 11 is 0. The number of hydrogen-bond donors (Lipinski definition) is 0. The van der Waals surface area contributed by atoms with Crippen LogP contribution in [0.25, 0.3) is 0 Å². The first-order valence-electron chi connectivity index (χ1n) is 20.6. The summed E-state index contributed by atoms with van der Waals surface area (Å²) in [6.45, 7) is 29.0. The van der Waals surface area contributed by atoms with Crippen molar-refractivity contribution in [3.8, 4) is 0 Å². The highest BCUT2D eigenvalue weighted by molar-refractivity contribution is 5.89. The average Bonchev–Trinajstić information content (AvgIpc) is 3.88. The molecule has 4 atom stereocenters. The zero-order valence-corrected chi connectivity index (χ0v) is 33.9. The molecule has 2 saturated heterocycles. The quantitative estimate of drug-likeness (QED) is 0.318. The molecule has 2 aromatic carbocycles. The molecule has 2 fully saturated rings. The summed E-state index contributed by atoms with van der Waals surface area (Å²) in [5, 5.41) is 0. The van der Waals surface area contributed by atoms with Gasteiger partial charge in [-0.2, -0.15) is 0 Å². The van der Waals surface area contributed by atoms with Gasteiger partial charge >= 0.3 is 0 Å². The van der Waals surface area contributed by atoms with Gasteiger partial charge in [0.25, 0.3) is 0 Å². The van der Waals surface area contributed by atoms with Crippen LogP contribution in [0.5, 0.6) is 0 Å². The van der Waals surface area contributed by atoms with Crippen LogP contribution >= 0.6 is 0 Å². The molecule has 0 bridgehead atoms. The first kappa shape index (κ1) is 42.7. The largest absolute Gasteiger partial charge is 0.357 e. The van der Waals surface area contributed by atoms with E-state index < -0.39 is 0 Å². The van der Waals surface area contributed by atoms with E-state index >= 15 is 0 Å². The zero-order chi connectivity index (χ0) is 37.6. The van der Waals surface area contributed by atoms with Gasteiger partial charge < -0.3 is 9.80 Å². The van der Waals surface area contributed by atoms with Crippen LogP contribution in [-0.4, -0.2) is 96.7 Å². The lowest BCUT2D eigenvalue weighted by molar-refractivity contribution is 0.172. The minimum atomic E-state index is 0.519. The van der Waals surface area contributed by atoms with Crippen molar-refractivity contribution in [1.29, 1.82) is 0 Å². The molecule has 0 spiro atoms. The van der Waals surface area contributed by atoms with Crippen LogP contribution in [0.2, 0.25) is 0 Å². The highest BCUT2D eigenvalue weighted by atomic mass is 15.3. The van der Waals surface area contributed by atoms with Crippen LogP contribution in [0.15, 0.2) is 119 Å². The molecular weight excluding hydrogens is 637 g/mol. The molecular formula is C46H70N6. The lowest BCUT2D eigenvalue weighted by Crippen LogP contribution is -2.49. The Morgan fingerprint density at radius 3 is 1.12 bits per heavy atom. The third kappa shape index (κ3) is 12.2. The molecule has 6 aliphatic rings. The van der Waals surface area contributed by atoms with Crippen molar-refractivity contribution in [2.45, 2.75) is 68.5 Å². The van der Waals surface area contributed by atoms with E-state index in [-0.39, 0.29) is 0 Å². The fourth-order valence-corrected chi connectivity index (χ4v) is 7.39. The number of aliphatic imine (C=N–C) groups is 2. The molecule has 6 heteroatoms. The predicted molar refractivity (Wildman–Crippen MR) is 227 cm³/mol. The van der Waals surface area contributed by atoms with Crippen LogP contribution in [0, 0.1) is 23.7 Å². The zero-order valence-electron chi connectivity index (χ0n) is 33.9. The Morgan fingerprint density at radius 2 is 0.769 bits per heavy atom. The monoisotopic (exact) mass is 707 g/mol. The van der Waals surface area contributed by atoms with Gasteiger partial charge in [0.05, 0.1) is 0 Å². The molecule has 284 valence electrons. The second-order valence-corrected chi connectivity index (χ2v) is 12.8. The second kappa shape index (κ2) is 24.5. The number of piperazine rings is 2. The van der Waals surface area contributed by atoms with E-state index in [9.17, 15) is 0 Å². The van der Waals surface area contributed by atoms with Crippen LogP contribution in [0.1, 0.15) is 66.5 Å². The highest BCUT2D eigenvalue weighted by Crippen LogP contribution is 2.30. The minimum absolute atomic E-state index is 0.519. The van der Waals surface area contributed by atoms with Crippen molar-refractivity contribution in [3.63, 3.8) is 0 Å². The third-order valence-corrected chi connectivity index (χ3v) is 9.91. The number of hydrogen-bond acceptors (Lipinski definition) is 6. The van der Waals surface area contributed by atoms with Crippen LogP contribution in [-0.2, 0) is 13.1 Å². The van der Waals surface area contributed by atoms with E-state index in [1.54, 1.807) is 0 Å². The number of benzene rings is 2. The normalized spacial score (nSPS) is 24.0.